The third kappa shape index (κ3) is 3.90. The fourth-order valence-electron chi connectivity index (χ4n) is 1.22. The van der Waals surface area contributed by atoms with Crippen molar-refractivity contribution in [1.82, 2.24) is 10.5 Å². The summed E-state index contributed by atoms with van der Waals surface area (Å²) in [5.74, 6) is -0.779. The van der Waals surface area contributed by atoms with E-state index in [1.54, 1.807) is 13.0 Å². The molecule has 2 N–H and O–H groups in total. The highest BCUT2D eigenvalue weighted by molar-refractivity contribution is 5.84. The van der Waals surface area contributed by atoms with E-state index in [9.17, 15) is 9.59 Å². The van der Waals surface area contributed by atoms with Gasteiger partial charge in [0.1, 0.15) is 0 Å². The van der Waals surface area contributed by atoms with Gasteiger partial charge in [0.25, 0.3) is 0 Å². The Labute approximate surface area is 99.0 Å². The molecule has 1 amide bonds. The lowest BCUT2D eigenvalue weighted by atomic mass is 9.89. The topological polar surface area (TPSA) is 92.4 Å². The maximum absolute atomic E-state index is 11.5. The molecule has 1 aromatic heterocycles. The maximum Gasteiger partial charge on any atom is 0.309 e. The summed E-state index contributed by atoms with van der Waals surface area (Å²) in [7, 11) is 0. The number of hydrogen-bond acceptors (Lipinski definition) is 4. The number of amides is 1. The van der Waals surface area contributed by atoms with E-state index in [0.29, 0.717) is 5.76 Å². The normalized spacial score (nSPS) is 11.2. The van der Waals surface area contributed by atoms with Gasteiger partial charge in [0, 0.05) is 12.5 Å². The highest BCUT2D eigenvalue weighted by Crippen LogP contribution is 2.20. The summed E-state index contributed by atoms with van der Waals surface area (Å²) in [5.41, 5.74) is -0.332. The van der Waals surface area contributed by atoms with Crippen molar-refractivity contribution in [1.29, 1.82) is 0 Å². The standard InChI is InChI=1S/C11H16N2O4/c1-7-4-8(17-13-7)6-12-9(14)5-11(2,3)10(15)16/h4H,5-6H2,1-3H3,(H,12,14)(H,15,16). The highest BCUT2D eigenvalue weighted by atomic mass is 16.5. The van der Waals surface area contributed by atoms with Gasteiger partial charge in [0.05, 0.1) is 17.7 Å². The van der Waals surface area contributed by atoms with Gasteiger partial charge in [-0.2, -0.15) is 0 Å². The van der Waals surface area contributed by atoms with Crippen LogP contribution in [0.4, 0.5) is 0 Å². The minimum Gasteiger partial charge on any atom is -0.481 e. The molecule has 1 aromatic rings. The number of aliphatic carboxylic acids is 1. The summed E-state index contributed by atoms with van der Waals surface area (Å²) in [5, 5.41) is 15.1. The molecular weight excluding hydrogens is 224 g/mol. The van der Waals surface area contributed by atoms with Crippen molar-refractivity contribution in [2.24, 2.45) is 5.41 Å². The lowest BCUT2D eigenvalue weighted by Gasteiger charge is -2.17. The van der Waals surface area contributed by atoms with Crippen LogP contribution in [0, 0.1) is 12.3 Å². The van der Waals surface area contributed by atoms with E-state index in [4.69, 9.17) is 9.63 Å². The molecule has 94 valence electrons. The van der Waals surface area contributed by atoms with E-state index in [1.165, 1.54) is 13.8 Å². The smallest absolute Gasteiger partial charge is 0.309 e. The number of rotatable bonds is 5. The molecule has 17 heavy (non-hydrogen) atoms. The lowest BCUT2D eigenvalue weighted by molar-refractivity contribution is -0.149. The van der Waals surface area contributed by atoms with Gasteiger partial charge in [-0.3, -0.25) is 9.59 Å². The second kappa shape index (κ2) is 4.99. The maximum atomic E-state index is 11.5. The Morgan fingerprint density at radius 3 is 2.65 bits per heavy atom. The first kappa shape index (κ1) is 13.2. The van der Waals surface area contributed by atoms with E-state index in [2.05, 4.69) is 10.5 Å². The van der Waals surface area contributed by atoms with Crippen LogP contribution in [0.2, 0.25) is 0 Å². The van der Waals surface area contributed by atoms with E-state index in [-0.39, 0.29) is 18.9 Å². The van der Waals surface area contributed by atoms with Crippen molar-refractivity contribution in [3.05, 3.63) is 17.5 Å². The quantitative estimate of drug-likeness (QED) is 0.804. The Hall–Kier alpha value is -1.85. The van der Waals surface area contributed by atoms with Crippen LogP contribution >= 0.6 is 0 Å². The van der Waals surface area contributed by atoms with E-state index in [0.717, 1.165) is 5.69 Å². The van der Waals surface area contributed by atoms with Crippen LogP contribution in [0.3, 0.4) is 0 Å². The second-order valence-corrected chi connectivity index (χ2v) is 4.58. The predicted octanol–water partition coefficient (Wildman–Crippen LogP) is 1.10. The minimum absolute atomic E-state index is 0.0740. The third-order valence-electron chi connectivity index (χ3n) is 2.32. The average molecular weight is 240 g/mol. The Morgan fingerprint density at radius 1 is 1.53 bits per heavy atom. The largest absolute Gasteiger partial charge is 0.481 e. The monoisotopic (exact) mass is 240 g/mol. The zero-order valence-electron chi connectivity index (χ0n) is 10.1. The molecule has 0 aromatic carbocycles. The zero-order valence-corrected chi connectivity index (χ0v) is 10.1. The van der Waals surface area contributed by atoms with Crippen molar-refractivity contribution < 1.29 is 19.2 Å². The van der Waals surface area contributed by atoms with Gasteiger partial charge in [-0.05, 0) is 20.8 Å². The van der Waals surface area contributed by atoms with E-state index < -0.39 is 11.4 Å². The molecule has 0 aliphatic heterocycles. The predicted molar refractivity (Wildman–Crippen MR) is 59.1 cm³/mol. The number of carboxylic acid groups (broad SMARTS) is 1. The molecule has 0 saturated heterocycles. The first-order valence-corrected chi connectivity index (χ1v) is 5.23. The molecule has 0 radical (unpaired) electrons. The number of aryl methyl sites for hydroxylation is 1. The van der Waals surface area contributed by atoms with Crippen LogP contribution in [-0.2, 0) is 16.1 Å². The molecule has 0 aliphatic rings. The summed E-state index contributed by atoms with van der Waals surface area (Å²) in [6.45, 7) is 5.01. The Morgan fingerprint density at radius 2 is 2.18 bits per heavy atom. The van der Waals surface area contributed by atoms with Gasteiger partial charge >= 0.3 is 5.97 Å². The van der Waals surface area contributed by atoms with Crippen LogP contribution in [0.1, 0.15) is 31.7 Å². The molecule has 1 rings (SSSR count). The van der Waals surface area contributed by atoms with Gasteiger partial charge in [0.15, 0.2) is 5.76 Å². The van der Waals surface area contributed by atoms with Crippen molar-refractivity contribution in [3.63, 3.8) is 0 Å². The molecule has 0 atom stereocenters. The van der Waals surface area contributed by atoms with Gasteiger partial charge in [-0.15, -0.1) is 0 Å². The molecular formula is C11H16N2O4. The van der Waals surface area contributed by atoms with Crippen LogP contribution in [0.15, 0.2) is 10.6 Å². The number of hydrogen-bond donors (Lipinski definition) is 2. The van der Waals surface area contributed by atoms with Crippen LogP contribution in [0.5, 0.6) is 0 Å². The molecule has 6 heteroatoms. The molecule has 0 bridgehead atoms. The number of carbonyl (C=O) groups is 2. The number of carboxylic acids is 1. The summed E-state index contributed by atoms with van der Waals surface area (Å²) >= 11 is 0. The first-order valence-electron chi connectivity index (χ1n) is 5.23. The molecule has 6 nitrogen and oxygen atoms in total. The molecule has 0 unspecified atom stereocenters. The zero-order chi connectivity index (χ0) is 13.1. The third-order valence-corrected chi connectivity index (χ3v) is 2.32. The van der Waals surface area contributed by atoms with Crippen LogP contribution in [-0.4, -0.2) is 22.1 Å². The Bertz CT molecular complexity index is 423. The Kier molecular flexibility index (Phi) is 3.88. The highest BCUT2D eigenvalue weighted by Gasteiger charge is 2.30. The fourth-order valence-corrected chi connectivity index (χ4v) is 1.22. The van der Waals surface area contributed by atoms with E-state index in [1.807, 2.05) is 0 Å². The van der Waals surface area contributed by atoms with Crippen LogP contribution in [0.25, 0.3) is 0 Å². The first-order chi connectivity index (χ1) is 7.81. The van der Waals surface area contributed by atoms with E-state index >= 15 is 0 Å². The van der Waals surface area contributed by atoms with Crippen molar-refractivity contribution >= 4 is 11.9 Å². The summed E-state index contributed by atoms with van der Waals surface area (Å²) in [4.78, 5) is 22.3. The molecule has 0 aliphatic carbocycles. The molecule has 0 saturated carbocycles. The molecule has 1 heterocycles. The van der Waals surface area contributed by atoms with Crippen molar-refractivity contribution in [2.75, 3.05) is 0 Å². The number of nitrogens with zero attached hydrogens (tertiary/aromatic N) is 1. The average Bonchev–Trinajstić information content (AvgIpc) is 2.60. The number of nitrogens with one attached hydrogen (secondary N) is 1. The Balaban J connectivity index is 2.43. The van der Waals surface area contributed by atoms with Gasteiger partial charge in [-0.1, -0.05) is 5.16 Å². The summed E-state index contributed by atoms with van der Waals surface area (Å²) < 4.78 is 4.91. The van der Waals surface area contributed by atoms with Crippen molar-refractivity contribution in [3.8, 4) is 0 Å². The number of aromatic nitrogens is 1. The SMILES string of the molecule is Cc1cc(CNC(=O)CC(C)(C)C(=O)O)on1. The fraction of sp³-hybridized carbons (Fsp3) is 0.545. The van der Waals surface area contributed by atoms with Gasteiger partial charge < -0.3 is 14.9 Å². The second-order valence-electron chi connectivity index (χ2n) is 4.58. The lowest BCUT2D eigenvalue weighted by Crippen LogP contribution is -2.33. The summed E-state index contributed by atoms with van der Waals surface area (Å²) in [6, 6.07) is 1.71. The summed E-state index contributed by atoms with van der Waals surface area (Å²) in [6.07, 6.45) is -0.0740. The molecule has 0 spiro atoms. The number of carbonyl (C=O) groups excluding carboxylic acids is 1. The minimum atomic E-state index is -1.07. The van der Waals surface area contributed by atoms with Gasteiger partial charge in [-0.25, -0.2) is 0 Å². The molecule has 0 fully saturated rings. The van der Waals surface area contributed by atoms with Crippen LogP contribution < -0.4 is 5.32 Å². The van der Waals surface area contributed by atoms with Gasteiger partial charge in [0.2, 0.25) is 5.91 Å². The van der Waals surface area contributed by atoms with Crippen molar-refractivity contribution in [2.45, 2.75) is 33.7 Å².